The molecule has 0 aliphatic rings. The molecule has 0 unspecified atom stereocenters. The Kier molecular flexibility index (Phi) is 4.77. The number of benzene rings is 1. The molecule has 0 fully saturated rings. The van der Waals surface area contributed by atoms with Crippen LogP contribution in [0, 0.1) is 24.0 Å². The van der Waals surface area contributed by atoms with E-state index in [1.165, 1.54) is 36.9 Å². The minimum absolute atomic E-state index is 0.0297. The van der Waals surface area contributed by atoms with E-state index in [9.17, 15) is 23.7 Å². The average molecular weight is 340 g/mol. The Morgan fingerprint density at radius 1 is 1.42 bits per heavy atom. The van der Waals surface area contributed by atoms with Gasteiger partial charge < -0.3 is 10.1 Å². The summed E-state index contributed by atoms with van der Waals surface area (Å²) in [5.41, 5.74) is -0.0153. The molecule has 24 heavy (non-hydrogen) atoms. The first kappa shape index (κ1) is 17.3. The van der Waals surface area contributed by atoms with Crippen LogP contribution in [0.15, 0.2) is 18.2 Å². The van der Waals surface area contributed by atoms with E-state index in [1.54, 1.807) is 6.92 Å². The number of nitro groups is 1. The van der Waals surface area contributed by atoms with Crippen LogP contribution < -0.4 is 10.1 Å². The quantitative estimate of drug-likeness (QED) is 0.666. The number of amides is 1. The SMILES string of the molecule is Cc1ccc(OC(F)F)c(NC(=O)c2nn(C)c(C)c2[N+](=O)[O-])c1. The predicted octanol–water partition coefficient (Wildman–Crippen LogP) is 2.80. The number of rotatable bonds is 5. The van der Waals surface area contributed by atoms with E-state index < -0.39 is 28.8 Å². The smallest absolute Gasteiger partial charge is 0.387 e. The minimum Gasteiger partial charge on any atom is -0.433 e. The molecule has 128 valence electrons. The Morgan fingerprint density at radius 3 is 2.67 bits per heavy atom. The lowest BCUT2D eigenvalue weighted by Crippen LogP contribution is -2.16. The highest BCUT2D eigenvalue weighted by Gasteiger charge is 2.29. The van der Waals surface area contributed by atoms with Crippen LogP contribution >= 0.6 is 0 Å². The van der Waals surface area contributed by atoms with Gasteiger partial charge in [-0.25, -0.2) is 0 Å². The van der Waals surface area contributed by atoms with Crippen molar-refractivity contribution in [3.05, 3.63) is 45.3 Å². The van der Waals surface area contributed by atoms with E-state index >= 15 is 0 Å². The average Bonchev–Trinajstić information content (AvgIpc) is 2.77. The number of halogens is 2. The second kappa shape index (κ2) is 6.60. The van der Waals surface area contributed by atoms with Crippen LogP contribution in [-0.4, -0.2) is 27.2 Å². The third kappa shape index (κ3) is 3.47. The summed E-state index contributed by atoms with van der Waals surface area (Å²) in [6, 6.07) is 4.22. The third-order valence-corrected chi connectivity index (χ3v) is 3.30. The van der Waals surface area contributed by atoms with Crippen LogP contribution in [0.1, 0.15) is 21.7 Å². The number of carbonyl (C=O) groups is 1. The van der Waals surface area contributed by atoms with Crippen molar-refractivity contribution in [2.75, 3.05) is 5.32 Å². The van der Waals surface area contributed by atoms with E-state index in [0.29, 0.717) is 5.56 Å². The fourth-order valence-electron chi connectivity index (χ4n) is 2.09. The molecule has 0 saturated heterocycles. The van der Waals surface area contributed by atoms with Gasteiger partial charge in [-0.3, -0.25) is 19.6 Å². The number of nitrogens with one attached hydrogen (secondary N) is 1. The Balaban J connectivity index is 2.39. The van der Waals surface area contributed by atoms with Crippen LogP contribution in [-0.2, 0) is 7.05 Å². The van der Waals surface area contributed by atoms with Crippen molar-refractivity contribution in [3.63, 3.8) is 0 Å². The van der Waals surface area contributed by atoms with Gasteiger partial charge in [0.05, 0.1) is 10.6 Å². The van der Waals surface area contributed by atoms with E-state index in [-0.39, 0.29) is 17.1 Å². The van der Waals surface area contributed by atoms with Crippen molar-refractivity contribution in [2.45, 2.75) is 20.5 Å². The maximum atomic E-state index is 12.4. The Hall–Kier alpha value is -3.04. The van der Waals surface area contributed by atoms with E-state index in [0.717, 1.165) is 0 Å². The van der Waals surface area contributed by atoms with E-state index in [4.69, 9.17) is 0 Å². The standard InChI is InChI=1S/C14H14F2N4O4/c1-7-4-5-10(24-14(15)16)9(6-7)17-13(21)11-12(20(22)23)8(2)19(3)18-11/h4-6,14H,1-3H3,(H,17,21). The molecule has 10 heteroatoms. The molecular weight excluding hydrogens is 326 g/mol. The maximum absolute atomic E-state index is 12.4. The predicted molar refractivity (Wildman–Crippen MR) is 80.4 cm³/mol. The topological polar surface area (TPSA) is 99.3 Å². The van der Waals surface area contributed by atoms with Gasteiger partial charge in [-0.15, -0.1) is 0 Å². The highest BCUT2D eigenvalue weighted by atomic mass is 19.3. The molecular formula is C14H14F2N4O4. The van der Waals surface area contributed by atoms with Crippen molar-refractivity contribution in [3.8, 4) is 5.75 Å². The van der Waals surface area contributed by atoms with Gasteiger partial charge in [0.25, 0.3) is 5.91 Å². The van der Waals surface area contributed by atoms with Crippen LogP contribution in [0.3, 0.4) is 0 Å². The van der Waals surface area contributed by atoms with Gasteiger partial charge in [0.2, 0.25) is 5.69 Å². The number of nitrogens with zero attached hydrogens (tertiary/aromatic N) is 3. The highest BCUT2D eigenvalue weighted by Crippen LogP contribution is 2.29. The van der Waals surface area contributed by atoms with Gasteiger partial charge >= 0.3 is 12.3 Å². The largest absolute Gasteiger partial charge is 0.433 e. The molecule has 2 rings (SSSR count). The van der Waals surface area contributed by atoms with Crippen molar-refractivity contribution in [1.29, 1.82) is 0 Å². The molecule has 1 aromatic carbocycles. The molecule has 0 aliphatic carbocycles. The van der Waals surface area contributed by atoms with Gasteiger partial charge in [0, 0.05) is 7.05 Å². The monoisotopic (exact) mass is 340 g/mol. The Labute approximate surface area is 135 Å². The summed E-state index contributed by atoms with van der Waals surface area (Å²) in [7, 11) is 1.46. The lowest BCUT2D eigenvalue weighted by Gasteiger charge is -2.12. The summed E-state index contributed by atoms with van der Waals surface area (Å²) < 4.78 is 30.4. The summed E-state index contributed by atoms with van der Waals surface area (Å²) in [6.45, 7) is 0.0597. The number of ether oxygens (including phenoxy) is 1. The number of aromatic nitrogens is 2. The van der Waals surface area contributed by atoms with Gasteiger partial charge in [0.15, 0.2) is 0 Å². The van der Waals surface area contributed by atoms with E-state index in [1.807, 2.05) is 0 Å². The van der Waals surface area contributed by atoms with E-state index in [2.05, 4.69) is 15.2 Å². The number of hydrogen-bond acceptors (Lipinski definition) is 5. The molecule has 2 aromatic rings. The minimum atomic E-state index is -3.07. The number of carbonyl (C=O) groups excluding carboxylic acids is 1. The van der Waals surface area contributed by atoms with Crippen LogP contribution in [0.25, 0.3) is 0 Å². The molecule has 1 N–H and O–H groups in total. The molecule has 1 aromatic heterocycles. The highest BCUT2D eigenvalue weighted by molar-refractivity contribution is 6.06. The summed E-state index contributed by atoms with van der Waals surface area (Å²) in [5.74, 6) is -1.14. The van der Waals surface area contributed by atoms with Crippen LogP contribution in [0.4, 0.5) is 20.2 Å². The first-order chi connectivity index (χ1) is 11.2. The number of alkyl halides is 2. The zero-order valence-electron chi connectivity index (χ0n) is 13.0. The lowest BCUT2D eigenvalue weighted by molar-refractivity contribution is -0.385. The fraction of sp³-hybridized carbons (Fsp3) is 0.286. The molecule has 0 spiro atoms. The third-order valence-electron chi connectivity index (χ3n) is 3.30. The van der Waals surface area contributed by atoms with Gasteiger partial charge in [0.1, 0.15) is 11.4 Å². The van der Waals surface area contributed by atoms with Gasteiger partial charge in [-0.05, 0) is 31.5 Å². The van der Waals surface area contributed by atoms with Crippen molar-refractivity contribution in [2.24, 2.45) is 7.05 Å². The molecule has 0 aliphatic heterocycles. The zero-order chi connectivity index (χ0) is 18.0. The Morgan fingerprint density at radius 2 is 2.08 bits per heavy atom. The number of aryl methyl sites for hydroxylation is 2. The van der Waals surface area contributed by atoms with Crippen molar-refractivity contribution >= 4 is 17.3 Å². The summed E-state index contributed by atoms with van der Waals surface area (Å²) in [6.07, 6.45) is 0. The number of anilines is 1. The second-order valence-electron chi connectivity index (χ2n) is 5.00. The molecule has 0 radical (unpaired) electrons. The van der Waals surface area contributed by atoms with Crippen LogP contribution in [0.2, 0.25) is 0 Å². The lowest BCUT2D eigenvalue weighted by atomic mass is 10.2. The molecule has 1 heterocycles. The van der Waals surface area contributed by atoms with Crippen LogP contribution in [0.5, 0.6) is 5.75 Å². The van der Waals surface area contributed by atoms with Crippen molar-refractivity contribution in [1.82, 2.24) is 9.78 Å². The first-order valence-electron chi connectivity index (χ1n) is 6.75. The molecule has 0 saturated carbocycles. The molecule has 0 atom stereocenters. The van der Waals surface area contributed by atoms with Crippen molar-refractivity contribution < 1.29 is 23.2 Å². The molecule has 0 bridgehead atoms. The molecule has 1 amide bonds. The first-order valence-corrected chi connectivity index (χ1v) is 6.75. The normalized spacial score (nSPS) is 10.8. The maximum Gasteiger partial charge on any atom is 0.387 e. The van der Waals surface area contributed by atoms with Gasteiger partial charge in [-0.1, -0.05) is 6.07 Å². The summed E-state index contributed by atoms with van der Waals surface area (Å²) in [4.78, 5) is 22.7. The number of hydrogen-bond donors (Lipinski definition) is 1. The fourth-order valence-corrected chi connectivity index (χ4v) is 2.09. The molecule has 8 nitrogen and oxygen atoms in total. The summed E-state index contributed by atoms with van der Waals surface area (Å²) >= 11 is 0. The summed E-state index contributed by atoms with van der Waals surface area (Å²) in [5, 5.41) is 17.3. The Bertz CT molecular complexity index is 804. The van der Waals surface area contributed by atoms with Gasteiger partial charge in [-0.2, -0.15) is 13.9 Å². The zero-order valence-corrected chi connectivity index (χ0v) is 13.0. The second-order valence-corrected chi connectivity index (χ2v) is 5.00.